The monoisotopic (exact) mass is 261 g/mol. The van der Waals surface area contributed by atoms with Crippen LogP contribution in [0.2, 0.25) is 0 Å². The number of ether oxygens (including phenoxy) is 1. The molecule has 0 atom stereocenters. The minimum absolute atomic E-state index is 0.200. The molecule has 1 aromatic carbocycles. The Morgan fingerprint density at radius 1 is 1.16 bits per heavy atom. The van der Waals surface area contributed by atoms with Crippen LogP contribution >= 0.6 is 0 Å². The first kappa shape index (κ1) is 13.3. The van der Waals surface area contributed by atoms with Crippen LogP contribution in [0, 0.1) is 26.6 Å². The van der Waals surface area contributed by atoms with E-state index in [4.69, 9.17) is 4.74 Å². The Morgan fingerprint density at radius 3 is 2.53 bits per heavy atom. The second-order valence-electron chi connectivity index (χ2n) is 4.40. The number of halogens is 1. The van der Waals surface area contributed by atoms with E-state index in [0.717, 1.165) is 11.3 Å². The van der Waals surface area contributed by atoms with E-state index in [1.54, 1.807) is 25.3 Å². The van der Waals surface area contributed by atoms with E-state index in [1.165, 1.54) is 7.11 Å². The maximum absolute atomic E-state index is 13.7. The first-order valence-corrected chi connectivity index (χ1v) is 5.92. The van der Waals surface area contributed by atoms with Crippen LogP contribution in [0.15, 0.2) is 18.3 Å². The maximum Gasteiger partial charge on any atom is 0.227 e. The molecule has 1 N–H and O–H groups in total. The van der Waals surface area contributed by atoms with Gasteiger partial charge in [-0.15, -0.1) is 0 Å². The number of nitrogens with one attached hydrogen (secondary N) is 1. The lowest BCUT2D eigenvalue weighted by atomic mass is 10.2. The van der Waals surface area contributed by atoms with Crippen molar-refractivity contribution in [2.45, 2.75) is 20.8 Å². The minimum atomic E-state index is -0.353. The summed E-state index contributed by atoms with van der Waals surface area (Å²) in [7, 11) is 1.44. The SMILES string of the molecule is COc1cc(Nc2ncc(C)c(C)n2)cc(C)c1F. The van der Waals surface area contributed by atoms with Crippen molar-refractivity contribution in [2.75, 3.05) is 12.4 Å². The molecule has 1 aromatic heterocycles. The smallest absolute Gasteiger partial charge is 0.227 e. The summed E-state index contributed by atoms with van der Waals surface area (Å²) in [6.45, 7) is 5.55. The lowest BCUT2D eigenvalue weighted by Crippen LogP contribution is -2.01. The third kappa shape index (κ3) is 2.81. The fourth-order valence-corrected chi connectivity index (χ4v) is 1.67. The van der Waals surface area contributed by atoms with Crippen LogP contribution in [0.4, 0.5) is 16.0 Å². The molecule has 0 unspecified atom stereocenters. The molecule has 0 saturated carbocycles. The Balaban J connectivity index is 2.32. The van der Waals surface area contributed by atoms with Gasteiger partial charge in [0.1, 0.15) is 0 Å². The highest BCUT2D eigenvalue weighted by atomic mass is 19.1. The third-order valence-corrected chi connectivity index (χ3v) is 2.92. The summed E-state index contributed by atoms with van der Waals surface area (Å²) in [5, 5.41) is 3.05. The Morgan fingerprint density at radius 2 is 1.89 bits per heavy atom. The van der Waals surface area contributed by atoms with E-state index >= 15 is 0 Å². The molecule has 100 valence electrons. The largest absolute Gasteiger partial charge is 0.494 e. The van der Waals surface area contributed by atoms with Crippen molar-refractivity contribution in [2.24, 2.45) is 0 Å². The summed E-state index contributed by atoms with van der Waals surface area (Å²) in [6.07, 6.45) is 1.75. The lowest BCUT2D eigenvalue weighted by Gasteiger charge is -2.10. The van der Waals surface area contributed by atoms with Gasteiger partial charge in [-0.05, 0) is 38.0 Å². The highest BCUT2D eigenvalue weighted by molar-refractivity contribution is 5.58. The molecule has 0 bridgehead atoms. The fraction of sp³-hybridized carbons (Fsp3) is 0.286. The quantitative estimate of drug-likeness (QED) is 0.921. The van der Waals surface area contributed by atoms with Gasteiger partial charge < -0.3 is 10.1 Å². The van der Waals surface area contributed by atoms with E-state index in [9.17, 15) is 4.39 Å². The van der Waals surface area contributed by atoms with Crippen molar-refractivity contribution in [3.05, 3.63) is 41.0 Å². The highest BCUT2D eigenvalue weighted by Gasteiger charge is 2.09. The van der Waals surface area contributed by atoms with E-state index in [2.05, 4.69) is 15.3 Å². The van der Waals surface area contributed by atoms with Gasteiger partial charge in [0.05, 0.1) is 7.11 Å². The fourth-order valence-electron chi connectivity index (χ4n) is 1.67. The number of aryl methyl sites for hydroxylation is 3. The van der Waals surface area contributed by atoms with Gasteiger partial charge in [0, 0.05) is 23.6 Å². The summed E-state index contributed by atoms with van der Waals surface area (Å²) in [4.78, 5) is 8.50. The number of methoxy groups -OCH3 is 1. The normalized spacial score (nSPS) is 10.4. The molecule has 0 spiro atoms. The molecule has 2 rings (SSSR count). The number of hydrogen-bond donors (Lipinski definition) is 1. The van der Waals surface area contributed by atoms with Crippen LogP contribution in [0.1, 0.15) is 16.8 Å². The summed E-state index contributed by atoms with van der Waals surface area (Å²) in [6, 6.07) is 3.28. The topological polar surface area (TPSA) is 47.0 Å². The second-order valence-corrected chi connectivity index (χ2v) is 4.40. The molecule has 1 heterocycles. The molecule has 2 aromatic rings. The van der Waals surface area contributed by atoms with E-state index in [1.807, 2.05) is 13.8 Å². The van der Waals surface area contributed by atoms with Crippen LogP contribution in [0.25, 0.3) is 0 Å². The van der Waals surface area contributed by atoms with Crippen LogP contribution in [0.5, 0.6) is 5.75 Å². The Bertz CT molecular complexity index is 614. The predicted octanol–water partition coefficient (Wildman–Crippen LogP) is 3.29. The molecule has 4 nitrogen and oxygen atoms in total. The van der Waals surface area contributed by atoms with Gasteiger partial charge >= 0.3 is 0 Å². The van der Waals surface area contributed by atoms with Crippen LogP contribution < -0.4 is 10.1 Å². The number of benzene rings is 1. The average molecular weight is 261 g/mol. The average Bonchev–Trinajstić information content (AvgIpc) is 2.38. The predicted molar refractivity (Wildman–Crippen MR) is 72.5 cm³/mol. The van der Waals surface area contributed by atoms with Crippen molar-refractivity contribution < 1.29 is 9.13 Å². The lowest BCUT2D eigenvalue weighted by molar-refractivity contribution is 0.385. The van der Waals surface area contributed by atoms with Crippen molar-refractivity contribution in [3.8, 4) is 5.75 Å². The van der Waals surface area contributed by atoms with Crippen molar-refractivity contribution in [3.63, 3.8) is 0 Å². The van der Waals surface area contributed by atoms with Gasteiger partial charge in [0.25, 0.3) is 0 Å². The molecule has 0 amide bonds. The molecule has 0 radical (unpaired) electrons. The van der Waals surface area contributed by atoms with E-state index in [0.29, 0.717) is 17.2 Å². The Labute approximate surface area is 111 Å². The zero-order valence-corrected chi connectivity index (χ0v) is 11.4. The molecule has 0 fully saturated rings. The van der Waals surface area contributed by atoms with Gasteiger partial charge in [-0.25, -0.2) is 14.4 Å². The summed E-state index contributed by atoms with van der Waals surface area (Å²) in [5.74, 6) is 0.330. The highest BCUT2D eigenvalue weighted by Crippen LogP contribution is 2.26. The third-order valence-electron chi connectivity index (χ3n) is 2.92. The first-order chi connectivity index (χ1) is 9.01. The molecule has 0 aliphatic heterocycles. The van der Waals surface area contributed by atoms with E-state index in [-0.39, 0.29) is 11.6 Å². The second kappa shape index (κ2) is 5.22. The standard InChI is InChI=1S/C14H16FN3O/c1-8-5-11(6-12(19-4)13(8)15)18-14-16-7-9(2)10(3)17-14/h5-7H,1-4H3,(H,16,17,18). The molecule has 5 heteroatoms. The number of aromatic nitrogens is 2. The summed E-state index contributed by atoms with van der Waals surface area (Å²) < 4.78 is 18.6. The van der Waals surface area contributed by atoms with Crippen molar-refractivity contribution >= 4 is 11.6 Å². The van der Waals surface area contributed by atoms with Crippen LogP contribution in [-0.4, -0.2) is 17.1 Å². The zero-order chi connectivity index (χ0) is 14.0. The maximum atomic E-state index is 13.7. The van der Waals surface area contributed by atoms with Gasteiger partial charge in [0.15, 0.2) is 11.6 Å². The molecule has 19 heavy (non-hydrogen) atoms. The van der Waals surface area contributed by atoms with Gasteiger partial charge in [-0.2, -0.15) is 0 Å². The molecule has 0 saturated heterocycles. The molecule has 0 aliphatic rings. The van der Waals surface area contributed by atoms with Crippen molar-refractivity contribution in [1.82, 2.24) is 9.97 Å². The number of anilines is 2. The van der Waals surface area contributed by atoms with Gasteiger partial charge in [0.2, 0.25) is 5.95 Å². The molecular weight excluding hydrogens is 245 g/mol. The van der Waals surface area contributed by atoms with Crippen LogP contribution in [0.3, 0.4) is 0 Å². The van der Waals surface area contributed by atoms with Gasteiger partial charge in [-0.3, -0.25) is 0 Å². The summed E-state index contributed by atoms with van der Waals surface area (Å²) in [5.41, 5.74) is 3.13. The molecule has 0 aliphatic carbocycles. The van der Waals surface area contributed by atoms with E-state index < -0.39 is 0 Å². The number of hydrogen-bond acceptors (Lipinski definition) is 4. The Hall–Kier alpha value is -2.17. The summed E-state index contributed by atoms with van der Waals surface area (Å²) >= 11 is 0. The van der Waals surface area contributed by atoms with Crippen molar-refractivity contribution in [1.29, 1.82) is 0 Å². The first-order valence-electron chi connectivity index (χ1n) is 5.92. The Kier molecular flexibility index (Phi) is 3.64. The van der Waals surface area contributed by atoms with Crippen LogP contribution in [-0.2, 0) is 0 Å². The number of rotatable bonds is 3. The number of nitrogens with zero attached hydrogens (tertiary/aromatic N) is 2. The minimum Gasteiger partial charge on any atom is -0.494 e. The van der Waals surface area contributed by atoms with Gasteiger partial charge in [-0.1, -0.05) is 0 Å². The molecular formula is C14H16FN3O. The zero-order valence-electron chi connectivity index (χ0n) is 11.4.